The number of aryl methyl sites for hydroxylation is 1. The lowest BCUT2D eigenvalue weighted by Gasteiger charge is -2.07. The molecule has 0 spiro atoms. The fourth-order valence-corrected chi connectivity index (χ4v) is 2.83. The maximum absolute atomic E-state index is 5.86. The molecule has 0 bridgehead atoms. The van der Waals surface area contributed by atoms with Gasteiger partial charge >= 0.3 is 0 Å². The third kappa shape index (κ3) is 2.45. The van der Waals surface area contributed by atoms with Crippen LogP contribution in [0.25, 0.3) is 11.0 Å². The number of rotatable bonds is 4. The molecule has 0 N–H and O–H groups in total. The smallest absolute Gasteiger partial charge is 0.111 e. The highest BCUT2D eigenvalue weighted by molar-refractivity contribution is 14.1. The number of fused-ring (bicyclic) bond motifs is 1. The van der Waals surface area contributed by atoms with Crippen LogP contribution < -0.4 is 0 Å². The largest absolute Gasteiger partial charge is 0.328 e. The summed E-state index contributed by atoms with van der Waals surface area (Å²) in [5, 5.41) is 0. The van der Waals surface area contributed by atoms with Gasteiger partial charge in [-0.25, -0.2) is 4.98 Å². The monoisotopic (exact) mass is 360 g/mol. The Morgan fingerprint density at radius 3 is 2.94 bits per heavy atom. The van der Waals surface area contributed by atoms with Gasteiger partial charge in [-0.2, -0.15) is 0 Å². The van der Waals surface area contributed by atoms with Gasteiger partial charge in [0.25, 0.3) is 0 Å². The number of halogens is 2. The Kier molecular flexibility index (Phi) is 3.30. The van der Waals surface area contributed by atoms with Crippen molar-refractivity contribution in [2.75, 3.05) is 5.88 Å². The number of hydrogen-bond donors (Lipinski definition) is 0. The first-order chi connectivity index (χ1) is 8.28. The Morgan fingerprint density at radius 2 is 2.24 bits per heavy atom. The minimum absolute atomic E-state index is 0.644. The molecule has 3 rings (SSSR count). The normalized spacial score (nSPS) is 15.6. The van der Waals surface area contributed by atoms with Crippen LogP contribution in [-0.2, 0) is 13.0 Å². The van der Waals surface area contributed by atoms with Crippen molar-refractivity contribution in [3.8, 4) is 0 Å². The molecular weight excluding hydrogens is 347 g/mol. The van der Waals surface area contributed by atoms with Crippen molar-refractivity contribution in [1.82, 2.24) is 9.55 Å². The molecule has 0 atom stereocenters. The van der Waals surface area contributed by atoms with Gasteiger partial charge in [0.05, 0.1) is 11.0 Å². The first kappa shape index (κ1) is 11.8. The van der Waals surface area contributed by atoms with E-state index in [9.17, 15) is 0 Å². The van der Waals surface area contributed by atoms with Crippen molar-refractivity contribution in [2.45, 2.75) is 25.8 Å². The Morgan fingerprint density at radius 1 is 1.41 bits per heavy atom. The van der Waals surface area contributed by atoms with Crippen LogP contribution in [0, 0.1) is 9.49 Å². The van der Waals surface area contributed by atoms with E-state index in [0.717, 1.165) is 30.2 Å². The summed E-state index contributed by atoms with van der Waals surface area (Å²) in [6, 6.07) is 6.49. The molecule has 0 radical (unpaired) electrons. The van der Waals surface area contributed by atoms with E-state index in [2.05, 4.69) is 45.4 Å². The van der Waals surface area contributed by atoms with Crippen molar-refractivity contribution in [3.63, 3.8) is 0 Å². The van der Waals surface area contributed by atoms with Gasteiger partial charge in [-0.15, -0.1) is 11.6 Å². The zero-order valence-electron chi connectivity index (χ0n) is 9.50. The lowest BCUT2D eigenvalue weighted by molar-refractivity contribution is 0.615. The van der Waals surface area contributed by atoms with E-state index < -0.39 is 0 Å². The van der Waals surface area contributed by atoms with E-state index >= 15 is 0 Å². The summed E-state index contributed by atoms with van der Waals surface area (Å²) in [6.07, 6.45) is 3.59. The molecule has 0 amide bonds. The van der Waals surface area contributed by atoms with Gasteiger partial charge in [0.2, 0.25) is 0 Å². The number of alkyl halides is 1. The SMILES string of the molecule is ClCCc1nc2cc(I)ccc2n1CC1CC1. The van der Waals surface area contributed by atoms with Crippen LogP contribution in [0.2, 0.25) is 0 Å². The Hall–Kier alpha value is -0.290. The third-order valence-electron chi connectivity index (χ3n) is 3.25. The first-order valence-electron chi connectivity index (χ1n) is 5.98. The Bertz CT molecular complexity index is 546. The van der Waals surface area contributed by atoms with Gasteiger partial charge in [0, 0.05) is 22.4 Å². The lowest BCUT2D eigenvalue weighted by atomic mass is 10.3. The molecule has 17 heavy (non-hydrogen) atoms. The van der Waals surface area contributed by atoms with Crippen LogP contribution in [0.5, 0.6) is 0 Å². The summed E-state index contributed by atoms with van der Waals surface area (Å²) in [4.78, 5) is 4.72. The number of nitrogens with zero attached hydrogens (tertiary/aromatic N) is 2. The molecular formula is C13H14ClIN2. The molecule has 0 unspecified atom stereocenters. The second-order valence-corrected chi connectivity index (χ2v) is 6.28. The molecule has 1 heterocycles. The number of aromatic nitrogens is 2. The predicted octanol–water partition coefficient (Wildman–Crippen LogP) is 3.83. The standard InChI is InChI=1S/C13H14ClIN2/c14-6-5-13-16-11-7-10(15)3-4-12(11)17(13)8-9-1-2-9/h3-4,7,9H,1-2,5-6,8H2. The maximum atomic E-state index is 5.86. The van der Waals surface area contributed by atoms with Gasteiger partial charge in [-0.3, -0.25) is 0 Å². The van der Waals surface area contributed by atoms with Crippen molar-refractivity contribution < 1.29 is 0 Å². The second kappa shape index (κ2) is 4.76. The van der Waals surface area contributed by atoms with E-state index in [4.69, 9.17) is 16.6 Å². The quantitative estimate of drug-likeness (QED) is 0.598. The molecule has 4 heteroatoms. The van der Waals surface area contributed by atoms with Gasteiger partial charge in [-0.05, 0) is 59.5 Å². The van der Waals surface area contributed by atoms with Crippen LogP contribution in [0.4, 0.5) is 0 Å². The van der Waals surface area contributed by atoms with Crippen molar-refractivity contribution in [3.05, 3.63) is 27.6 Å². The topological polar surface area (TPSA) is 17.8 Å². The number of hydrogen-bond acceptors (Lipinski definition) is 1. The minimum Gasteiger partial charge on any atom is -0.328 e. The van der Waals surface area contributed by atoms with Crippen LogP contribution >= 0.6 is 34.2 Å². The summed E-state index contributed by atoms with van der Waals surface area (Å²) in [5.41, 5.74) is 2.37. The Balaban J connectivity index is 2.08. The summed E-state index contributed by atoms with van der Waals surface area (Å²) < 4.78 is 3.61. The first-order valence-corrected chi connectivity index (χ1v) is 7.60. The highest BCUT2D eigenvalue weighted by Crippen LogP contribution is 2.32. The van der Waals surface area contributed by atoms with E-state index in [1.807, 2.05) is 0 Å². The lowest BCUT2D eigenvalue weighted by Crippen LogP contribution is -2.06. The summed E-state index contributed by atoms with van der Waals surface area (Å²) in [7, 11) is 0. The van der Waals surface area contributed by atoms with Crippen LogP contribution in [0.3, 0.4) is 0 Å². The zero-order chi connectivity index (χ0) is 11.8. The molecule has 1 saturated carbocycles. The van der Waals surface area contributed by atoms with Crippen molar-refractivity contribution in [2.24, 2.45) is 5.92 Å². The molecule has 1 aliphatic carbocycles. The molecule has 0 saturated heterocycles. The molecule has 2 nitrogen and oxygen atoms in total. The van der Waals surface area contributed by atoms with E-state index in [-0.39, 0.29) is 0 Å². The van der Waals surface area contributed by atoms with Crippen LogP contribution in [0.15, 0.2) is 18.2 Å². The van der Waals surface area contributed by atoms with Gasteiger partial charge in [-0.1, -0.05) is 0 Å². The summed E-state index contributed by atoms with van der Waals surface area (Å²) in [6.45, 7) is 1.11. The van der Waals surface area contributed by atoms with Crippen molar-refractivity contribution in [1.29, 1.82) is 0 Å². The highest BCUT2D eigenvalue weighted by atomic mass is 127. The molecule has 90 valence electrons. The average molecular weight is 361 g/mol. The van der Waals surface area contributed by atoms with Crippen LogP contribution in [0.1, 0.15) is 18.7 Å². The fourth-order valence-electron chi connectivity index (χ4n) is 2.19. The van der Waals surface area contributed by atoms with E-state index in [1.165, 1.54) is 21.9 Å². The highest BCUT2D eigenvalue weighted by Gasteiger charge is 2.24. The molecule has 2 aromatic rings. The molecule has 0 aliphatic heterocycles. The maximum Gasteiger partial charge on any atom is 0.111 e. The Labute approximate surface area is 120 Å². The second-order valence-electron chi connectivity index (χ2n) is 4.65. The molecule has 1 aromatic heterocycles. The number of benzene rings is 1. The van der Waals surface area contributed by atoms with E-state index in [0.29, 0.717) is 5.88 Å². The molecule has 1 fully saturated rings. The average Bonchev–Trinajstić information content (AvgIpc) is 3.04. The van der Waals surface area contributed by atoms with E-state index in [1.54, 1.807) is 0 Å². The van der Waals surface area contributed by atoms with Gasteiger partial charge < -0.3 is 4.57 Å². The van der Waals surface area contributed by atoms with Gasteiger partial charge in [0.1, 0.15) is 5.82 Å². The fraction of sp³-hybridized carbons (Fsp3) is 0.462. The van der Waals surface area contributed by atoms with Crippen LogP contribution in [-0.4, -0.2) is 15.4 Å². The third-order valence-corrected chi connectivity index (χ3v) is 4.11. The molecule has 1 aliphatic rings. The van der Waals surface area contributed by atoms with Crippen molar-refractivity contribution >= 4 is 45.2 Å². The van der Waals surface area contributed by atoms with Gasteiger partial charge in [0.15, 0.2) is 0 Å². The predicted molar refractivity (Wildman–Crippen MR) is 79.6 cm³/mol. The zero-order valence-corrected chi connectivity index (χ0v) is 12.4. The minimum atomic E-state index is 0.644. The molecule has 1 aromatic carbocycles. The summed E-state index contributed by atoms with van der Waals surface area (Å²) in [5.74, 6) is 2.65. The number of imidazole rings is 1. The summed E-state index contributed by atoms with van der Waals surface area (Å²) >= 11 is 8.20.